The molecule has 302 valence electrons. The van der Waals surface area contributed by atoms with Crippen LogP contribution in [0.2, 0.25) is 0 Å². The van der Waals surface area contributed by atoms with Crippen molar-refractivity contribution in [3.05, 3.63) is 30.2 Å². The third-order valence-electron chi connectivity index (χ3n) is 11.1. The fourth-order valence-electron chi connectivity index (χ4n) is 7.70. The number of thiophene rings is 1. The molecule has 0 bridgehead atoms. The molecule has 2 aliphatic carbocycles. The Hall–Kier alpha value is -3.51. The molecule has 1 saturated heterocycles. The molecule has 0 aromatic carbocycles. The molecule has 1 aromatic rings. The fourth-order valence-corrected chi connectivity index (χ4v) is 10.1. The van der Waals surface area contributed by atoms with E-state index in [4.69, 9.17) is 0 Å². The number of fused-ring (bicyclic) bond motifs is 1. The van der Waals surface area contributed by atoms with Crippen molar-refractivity contribution in [2.24, 2.45) is 28.6 Å². The van der Waals surface area contributed by atoms with Crippen molar-refractivity contribution in [3.8, 4) is 0 Å². The van der Waals surface area contributed by atoms with Gasteiger partial charge >= 0.3 is 12.2 Å². The quantitative estimate of drug-likeness (QED) is 0.145. The predicted octanol–water partition coefficient (Wildman–Crippen LogP) is 3.82. The SMILES string of the molecule is C=CCNC(=O)C(=O)C(CCC(F)(F)F)NC(=O)[C@@H]1[C@@H]2[C@H](CN1C(=O)[C@@H](NC(=O)N[C@H](CN(C)S(=O)(=O)c1cccs1)C(C)(C)C)C1CCCC1)C2(C)C. The van der Waals surface area contributed by atoms with Gasteiger partial charge in [-0.2, -0.15) is 17.5 Å². The van der Waals surface area contributed by atoms with Crippen LogP contribution in [0.4, 0.5) is 18.0 Å². The van der Waals surface area contributed by atoms with Gasteiger partial charge in [0.15, 0.2) is 0 Å². The average molecular weight is 803 g/mol. The molecule has 18 heteroatoms. The number of ketones is 1. The molecule has 5 amide bonds. The highest BCUT2D eigenvalue weighted by Gasteiger charge is 2.70. The molecule has 2 heterocycles. The molecule has 6 atom stereocenters. The number of hydrogen-bond donors (Lipinski definition) is 4. The molecular weight excluding hydrogens is 750 g/mol. The molecule has 4 N–H and O–H groups in total. The Morgan fingerprint density at radius 1 is 1.09 bits per heavy atom. The second kappa shape index (κ2) is 16.7. The van der Waals surface area contributed by atoms with Crippen LogP contribution in [0, 0.1) is 28.6 Å². The van der Waals surface area contributed by atoms with E-state index in [0.29, 0.717) is 12.8 Å². The van der Waals surface area contributed by atoms with E-state index < -0.39 is 93.6 Å². The summed E-state index contributed by atoms with van der Waals surface area (Å²) in [5.41, 5.74) is -1.01. The summed E-state index contributed by atoms with van der Waals surface area (Å²) < 4.78 is 67.5. The smallest absolute Gasteiger partial charge is 0.346 e. The summed E-state index contributed by atoms with van der Waals surface area (Å²) in [5, 5.41) is 12.0. The minimum absolute atomic E-state index is 0.0636. The highest BCUT2D eigenvalue weighted by Crippen LogP contribution is 2.65. The summed E-state index contributed by atoms with van der Waals surface area (Å²) in [5.74, 6) is -4.59. The number of likely N-dealkylation sites (tertiary alicyclic amines) is 1. The summed E-state index contributed by atoms with van der Waals surface area (Å²) in [7, 11) is -2.40. The third kappa shape index (κ3) is 10.0. The number of carbonyl (C=O) groups excluding carboxylic acids is 5. The van der Waals surface area contributed by atoms with E-state index >= 15 is 0 Å². The summed E-state index contributed by atoms with van der Waals surface area (Å²) in [6.07, 6.45) is -2.81. The number of urea groups is 1. The number of likely N-dealkylation sites (N-methyl/N-ethyl adjacent to an activating group) is 1. The molecular formula is C36H53F3N6O7S2. The number of rotatable bonds is 16. The minimum atomic E-state index is -4.67. The lowest BCUT2D eigenvalue weighted by molar-refractivity contribution is -0.147. The fraction of sp³-hybridized carbons (Fsp3) is 0.694. The van der Waals surface area contributed by atoms with Gasteiger partial charge in [-0.1, -0.05) is 59.6 Å². The van der Waals surface area contributed by atoms with Gasteiger partial charge in [-0.3, -0.25) is 19.2 Å². The maximum Gasteiger partial charge on any atom is 0.389 e. The lowest BCUT2D eigenvalue weighted by Crippen LogP contribution is -2.61. The molecule has 13 nitrogen and oxygen atoms in total. The first-order chi connectivity index (χ1) is 25.0. The van der Waals surface area contributed by atoms with E-state index in [1.54, 1.807) is 11.4 Å². The molecule has 0 radical (unpaired) electrons. The Morgan fingerprint density at radius 3 is 2.30 bits per heavy atom. The van der Waals surface area contributed by atoms with Crippen molar-refractivity contribution in [3.63, 3.8) is 0 Å². The Morgan fingerprint density at radius 2 is 1.74 bits per heavy atom. The molecule has 2 saturated carbocycles. The summed E-state index contributed by atoms with van der Waals surface area (Å²) >= 11 is 1.08. The number of sulfonamides is 1. The van der Waals surface area contributed by atoms with Gasteiger partial charge < -0.3 is 26.2 Å². The number of piperidine rings is 1. The standard InChI is InChI=1S/C36H53F3N6O7S2/c1-8-17-40-31(48)29(46)23(15-16-36(37,38)39)41-30(47)28-26-22(35(26,5)6)19-45(28)32(49)27(21-12-9-10-13-21)43-33(50)42-24(34(2,3)4)20-44(7)54(51,52)25-14-11-18-53-25/h8,11,14,18,21-24,26-28H,1,9-10,12-13,15-17,19-20H2,2-7H3,(H,40,48)(H,41,47)(H2,42,43,50)/t22-,23?,24+,26-,27-,28-/m0/s1. The number of amides is 5. The van der Waals surface area contributed by atoms with Gasteiger partial charge in [0.05, 0.1) is 6.04 Å². The first kappa shape index (κ1) is 43.2. The summed E-state index contributed by atoms with van der Waals surface area (Å²) in [4.78, 5) is 69.1. The third-order valence-corrected chi connectivity index (χ3v) is 14.3. The van der Waals surface area contributed by atoms with Crippen LogP contribution in [0.5, 0.6) is 0 Å². The van der Waals surface area contributed by atoms with Crippen molar-refractivity contribution >= 4 is 50.9 Å². The number of nitrogens with zero attached hydrogens (tertiary/aromatic N) is 2. The zero-order valence-corrected chi connectivity index (χ0v) is 33.3. The number of carbonyl (C=O) groups is 5. The Balaban J connectivity index is 1.56. The van der Waals surface area contributed by atoms with E-state index in [9.17, 15) is 45.6 Å². The molecule has 54 heavy (non-hydrogen) atoms. The molecule has 1 unspecified atom stereocenters. The molecule has 1 aliphatic heterocycles. The number of alkyl halides is 3. The zero-order valence-electron chi connectivity index (χ0n) is 31.6. The predicted molar refractivity (Wildman–Crippen MR) is 196 cm³/mol. The highest BCUT2D eigenvalue weighted by molar-refractivity contribution is 7.91. The van der Waals surface area contributed by atoms with E-state index in [2.05, 4.69) is 27.8 Å². The maximum atomic E-state index is 14.5. The summed E-state index contributed by atoms with van der Waals surface area (Å²) in [6, 6.07) is -2.29. The number of nitrogens with one attached hydrogen (secondary N) is 4. The molecule has 4 rings (SSSR count). The van der Waals surface area contributed by atoms with E-state index in [0.717, 1.165) is 24.2 Å². The van der Waals surface area contributed by atoms with Crippen LogP contribution in [-0.2, 0) is 29.2 Å². The van der Waals surface area contributed by atoms with Crippen LogP contribution in [0.15, 0.2) is 34.4 Å². The topological polar surface area (TPSA) is 174 Å². The lowest BCUT2D eigenvalue weighted by atomic mass is 9.86. The van der Waals surface area contributed by atoms with Crippen LogP contribution in [0.3, 0.4) is 0 Å². The molecule has 3 aliphatic rings. The largest absolute Gasteiger partial charge is 0.389 e. The van der Waals surface area contributed by atoms with Gasteiger partial charge in [-0.05, 0) is 59.3 Å². The normalized spacial score (nSPS) is 22.9. The summed E-state index contributed by atoms with van der Waals surface area (Å²) in [6.45, 7) is 12.8. The van der Waals surface area contributed by atoms with E-state index in [-0.39, 0.29) is 41.6 Å². The Labute approximate surface area is 319 Å². The van der Waals surface area contributed by atoms with Gasteiger partial charge in [0.1, 0.15) is 16.3 Å². The number of halogens is 3. The number of Topliss-reactive ketones (excluding diaryl/α,β-unsaturated/α-hetero) is 1. The van der Waals surface area contributed by atoms with Crippen molar-refractivity contribution in [2.75, 3.05) is 26.7 Å². The molecule has 0 spiro atoms. The van der Waals surface area contributed by atoms with Crippen molar-refractivity contribution in [1.29, 1.82) is 0 Å². The van der Waals surface area contributed by atoms with Gasteiger partial charge in [0.2, 0.25) is 17.6 Å². The number of hydrogen-bond acceptors (Lipinski definition) is 8. The second-order valence-corrected chi connectivity index (χ2v) is 19.5. The minimum Gasteiger partial charge on any atom is -0.346 e. The highest BCUT2D eigenvalue weighted by atomic mass is 32.2. The second-order valence-electron chi connectivity index (χ2n) is 16.2. The first-order valence-corrected chi connectivity index (χ1v) is 20.5. The first-order valence-electron chi connectivity index (χ1n) is 18.2. The molecule has 3 fully saturated rings. The van der Waals surface area contributed by atoms with Gasteiger partial charge in [-0.25, -0.2) is 13.2 Å². The monoisotopic (exact) mass is 802 g/mol. The van der Waals surface area contributed by atoms with Crippen LogP contribution in [0.1, 0.15) is 73.1 Å². The van der Waals surface area contributed by atoms with Crippen LogP contribution in [-0.4, -0.2) is 104 Å². The van der Waals surface area contributed by atoms with Crippen LogP contribution >= 0.6 is 11.3 Å². The van der Waals surface area contributed by atoms with Gasteiger partial charge in [-0.15, -0.1) is 17.9 Å². The average Bonchev–Trinajstić information content (AvgIpc) is 3.73. The molecule has 1 aromatic heterocycles. The van der Waals surface area contributed by atoms with E-state index in [1.165, 1.54) is 28.4 Å². The van der Waals surface area contributed by atoms with Crippen molar-refractivity contribution in [1.82, 2.24) is 30.5 Å². The Bertz CT molecular complexity index is 1670. The van der Waals surface area contributed by atoms with Crippen molar-refractivity contribution in [2.45, 2.75) is 108 Å². The van der Waals surface area contributed by atoms with Crippen LogP contribution < -0.4 is 21.3 Å². The van der Waals surface area contributed by atoms with E-state index in [1.807, 2.05) is 34.6 Å². The maximum absolute atomic E-state index is 14.5. The van der Waals surface area contributed by atoms with Gasteiger partial charge in [0.25, 0.3) is 15.9 Å². The van der Waals surface area contributed by atoms with Crippen LogP contribution in [0.25, 0.3) is 0 Å². The van der Waals surface area contributed by atoms with Crippen molar-refractivity contribution < 1.29 is 45.6 Å². The lowest BCUT2D eigenvalue weighted by Gasteiger charge is -2.37. The Kier molecular flexibility index (Phi) is 13.4. The zero-order chi connectivity index (χ0) is 40.4. The van der Waals surface area contributed by atoms with Gasteiger partial charge in [0, 0.05) is 39.1 Å².